The van der Waals surface area contributed by atoms with Crippen molar-refractivity contribution in [2.75, 3.05) is 45.8 Å². The van der Waals surface area contributed by atoms with Crippen molar-refractivity contribution in [1.82, 2.24) is 14.4 Å². The highest BCUT2D eigenvalue weighted by atomic mass is 16.1. The van der Waals surface area contributed by atoms with E-state index < -0.39 is 0 Å². The van der Waals surface area contributed by atoms with Crippen LogP contribution in [0.1, 0.15) is 13.3 Å². The predicted octanol–water partition coefficient (Wildman–Crippen LogP) is 0.451. The Morgan fingerprint density at radius 3 is 2.67 bits per heavy atom. The summed E-state index contributed by atoms with van der Waals surface area (Å²) in [4.78, 5) is 16.7. The van der Waals surface area contributed by atoms with Crippen molar-refractivity contribution in [3.63, 3.8) is 0 Å². The highest BCUT2D eigenvalue weighted by molar-refractivity contribution is 4.93. The molecular weight excluding hydrogens is 264 g/mol. The van der Waals surface area contributed by atoms with Gasteiger partial charge in [0.15, 0.2) is 0 Å². The van der Waals surface area contributed by atoms with Crippen molar-refractivity contribution in [2.45, 2.75) is 19.9 Å². The van der Waals surface area contributed by atoms with E-state index in [4.69, 9.17) is 5.73 Å². The Hall–Kier alpha value is -1.17. The fraction of sp³-hybridized carbons (Fsp3) is 0.688. The van der Waals surface area contributed by atoms with Crippen LogP contribution in [0.3, 0.4) is 0 Å². The molecule has 1 fully saturated rings. The Labute approximate surface area is 127 Å². The van der Waals surface area contributed by atoms with Gasteiger partial charge in [-0.3, -0.25) is 4.79 Å². The third kappa shape index (κ3) is 5.26. The molecule has 0 bridgehead atoms. The van der Waals surface area contributed by atoms with Gasteiger partial charge in [-0.25, -0.2) is 0 Å². The summed E-state index contributed by atoms with van der Waals surface area (Å²) in [7, 11) is 0. The van der Waals surface area contributed by atoms with Crippen molar-refractivity contribution < 1.29 is 0 Å². The summed E-state index contributed by atoms with van der Waals surface area (Å²) in [6.45, 7) is 10.3. The van der Waals surface area contributed by atoms with Crippen molar-refractivity contribution >= 4 is 0 Å². The lowest BCUT2D eigenvalue weighted by molar-refractivity contribution is 0.231. The highest BCUT2D eigenvalue weighted by Gasteiger charge is 2.16. The smallest absolute Gasteiger partial charge is 0.250 e. The summed E-state index contributed by atoms with van der Waals surface area (Å²) in [6.07, 6.45) is 3.07. The molecule has 5 heteroatoms. The minimum Gasteiger partial charge on any atom is -0.330 e. The van der Waals surface area contributed by atoms with Crippen LogP contribution in [0, 0.1) is 5.92 Å². The minimum atomic E-state index is 0.0886. The number of aromatic nitrogens is 1. The first-order chi connectivity index (χ1) is 10.2. The predicted molar refractivity (Wildman–Crippen MR) is 86.4 cm³/mol. The average Bonchev–Trinajstić information content (AvgIpc) is 2.72. The van der Waals surface area contributed by atoms with Crippen molar-refractivity contribution in [1.29, 1.82) is 0 Å². The molecule has 0 saturated carbocycles. The Kier molecular flexibility index (Phi) is 6.42. The third-order valence-corrected chi connectivity index (χ3v) is 4.21. The third-order valence-electron chi connectivity index (χ3n) is 4.21. The van der Waals surface area contributed by atoms with Crippen LogP contribution in [0.5, 0.6) is 0 Å². The molecule has 2 N–H and O–H groups in total. The molecule has 1 atom stereocenters. The van der Waals surface area contributed by atoms with E-state index in [1.807, 2.05) is 12.3 Å². The zero-order valence-electron chi connectivity index (χ0n) is 13.1. The number of nitrogens with two attached hydrogens (primary N) is 1. The Balaban J connectivity index is 1.78. The van der Waals surface area contributed by atoms with Gasteiger partial charge < -0.3 is 20.1 Å². The second-order valence-electron chi connectivity index (χ2n) is 6.07. The van der Waals surface area contributed by atoms with Crippen LogP contribution in [-0.2, 0) is 6.54 Å². The van der Waals surface area contributed by atoms with Gasteiger partial charge in [0, 0.05) is 45.0 Å². The summed E-state index contributed by atoms with van der Waals surface area (Å²) in [5.41, 5.74) is 5.80. The second kappa shape index (κ2) is 8.32. The second-order valence-corrected chi connectivity index (χ2v) is 6.07. The van der Waals surface area contributed by atoms with Gasteiger partial charge in [-0.05, 0) is 38.0 Å². The summed E-state index contributed by atoms with van der Waals surface area (Å²) in [5.74, 6) is 0.569. The molecule has 0 aliphatic carbocycles. The molecule has 1 saturated heterocycles. The normalized spacial score (nSPS) is 19.3. The van der Waals surface area contributed by atoms with Crippen molar-refractivity contribution in [3.8, 4) is 0 Å². The molecule has 1 aliphatic rings. The molecule has 0 spiro atoms. The van der Waals surface area contributed by atoms with Crippen LogP contribution in [0.2, 0.25) is 0 Å². The first kappa shape index (κ1) is 16.2. The van der Waals surface area contributed by atoms with Gasteiger partial charge in [-0.2, -0.15) is 0 Å². The molecular formula is C16H28N4O. The van der Waals surface area contributed by atoms with E-state index >= 15 is 0 Å². The fourth-order valence-corrected chi connectivity index (χ4v) is 2.84. The van der Waals surface area contributed by atoms with Crippen LogP contribution >= 0.6 is 0 Å². The van der Waals surface area contributed by atoms with E-state index in [2.05, 4.69) is 16.7 Å². The SMILES string of the molecule is CC(CN)CN1CCCN(CCn2ccccc2=O)CC1. The Morgan fingerprint density at radius 1 is 1.14 bits per heavy atom. The highest BCUT2D eigenvalue weighted by Crippen LogP contribution is 2.06. The van der Waals surface area contributed by atoms with Crippen LogP contribution in [-0.4, -0.2) is 60.2 Å². The van der Waals surface area contributed by atoms with Gasteiger partial charge in [0.25, 0.3) is 5.56 Å². The zero-order valence-corrected chi connectivity index (χ0v) is 13.1. The monoisotopic (exact) mass is 292 g/mol. The molecule has 5 nitrogen and oxygen atoms in total. The summed E-state index contributed by atoms with van der Waals surface area (Å²) >= 11 is 0. The Morgan fingerprint density at radius 2 is 1.90 bits per heavy atom. The van der Waals surface area contributed by atoms with E-state index in [1.54, 1.807) is 16.7 Å². The quantitative estimate of drug-likeness (QED) is 0.827. The molecule has 1 aliphatic heterocycles. The van der Waals surface area contributed by atoms with E-state index in [-0.39, 0.29) is 5.56 Å². The first-order valence-corrected chi connectivity index (χ1v) is 7.99. The standard InChI is InChI=1S/C16H28N4O/c1-15(13-17)14-19-7-4-6-18(9-10-19)11-12-20-8-3-2-5-16(20)21/h2-3,5,8,15H,4,6-7,9-14,17H2,1H3. The molecule has 2 rings (SSSR count). The summed E-state index contributed by atoms with van der Waals surface area (Å²) in [5, 5.41) is 0. The molecule has 0 radical (unpaired) electrons. The lowest BCUT2D eigenvalue weighted by Crippen LogP contribution is -2.36. The van der Waals surface area contributed by atoms with Gasteiger partial charge in [-0.1, -0.05) is 13.0 Å². The van der Waals surface area contributed by atoms with E-state index in [9.17, 15) is 4.79 Å². The molecule has 1 aromatic heterocycles. The number of hydrogen-bond acceptors (Lipinski definition) is 4. The van der Waals surface area contributed by atoms with Crippen LogP contribution in [0.25, 0.3) is 0 Å². The number of rotatable bonds is 6. The lowest BCUT2D eigenvalue weighted by Gasteiger charge is -2.24. The van der Waals surface area contributed by atoms with Crippen LogP contribution in [0.15, 0.2) is 29.2 Å². The molecule has 1 aromatic rings. The van der Waals surface area contributed by atoms with Crippen molar-refractivity contribution in [3.05, 3.63) is 34.7 Å². The number of hydrogen-bond donors (Lipinski definition) is 1. The van der Waals surface area contributed by atoms with Crippen molar-refractivity contribution in [2.24, 2.45) is 11.7 Å². The molecule has 0 amide bonds. The van der Waals surface area contributed by atoms with Gasteiger partial charge in [0.05, 0.1) is 0 Å². The number of nitrogens with zero attached hydrogens (tertiary/aromatic N) is 3. The van der Waals surface area contributed by atoms with E-state index in [0.717, 1.165) is 52.4 Å². The maximum atomic E-state index is 11.7. The summed E-state index contributed by atoms with van der Waals surface area (Å²) in [6, 6.07) is 5.33. The lowest BCUT2D eigenvalue weighted by atomic mass is 10.1. The largest absolute Gasteiger partial charge is 0.330 e. The van der Waals surface area contributed by atoms with E-state index in [0.29, 0.717) is 5.92 Å². The molecule has 118 valence electrons. The van der Waals surface area contributed by atoms with Crippen LogP contribution < -0.4 is 11.3 Å². The molecule has 2 heterocycles. The van der Waals surface area contributed by atoms with Gasteiger partial charge in [-0.15, -0.1) is 0 Å². The topological polar surface area (TPSA) is 54.5 Å². The molecule has 21 heavy (non-hydrogen) atoms. The number of pyridine rings is 1. The average molecular weight is 292 g/mol. The summed E-state index contributed by atoms with van der Waals surface area (Å²) < 4.78 is 1.79. The maximum absolute atomic E-state index is 11.7. The van der Waals surface area contributed by atoms with Crippen LogP contribution in [0.4, 0.5) is 0 Å². The maximum Gasteiger partial charge on any atom is 0.250 e. The minimum absolute atomic E-state index is 0.0886. The first-order valence-electron chi connectivity index (χ1n) is 7.99. The molecule has 0 aromatic carbocycles. The van der Waals surface area contributed by atoms with Gasteiger partial charge in [0.1, 0.15) is 0 Å². The fourth-order valence-electron chi connectivity index (χ4n) is 2.84. The molecule has 1 unspecified atom stereocenters. The Bertz CT molecular complexity index is 473. The zero-order chi connectivity index (χ0) is 15.1. The van der Waals surface area contributed by atoms with E-state index in [1.165, 1.54) is 6.42 Å². The van der Waals surface area contributed by atoms with Gasteiger partial charge >= 0.3 is 0 Å². The van der Waals surface area contributed by atoms with Gasteiger partial charge in [0.2, 0.25) is 0 Å².